The highest BCUT2D eigenvalue weighted by molar-refractivity contribution is 7.99. The number of hydrogen-bond donors (Lipinski definition) is 0. The maximum Gasteiger partial charge on any atom is 0.0713 e. The van der Waals surface area contributed by atoms with Crippen LogP contribution in [0.15, 0.2) is 180 Å². The fraction of sp³-hybridized carbons (Fsp3) is 0.226. The van der Waals surface area contributed by atoms with Crippen molar-refractivity contribution in [2.75, 3.05) is 0 Å². The molecule has 0 atom stereocenters. The largest absolute Gasteiger partial charge is 0.0895 e. The number of fused-ring (bicyclic) bond motifs is 3. The molecule has 0 aliphatic heterocycles. The van der Waals surface area contributed by atoms with E-state index >= 15 is 0 Å². The van der Waals surface area contributed by atoms with Gasteiger partial charge in [0.15, 0.2) is 0 Å². The third-order valence-corrected chi connectivity index (χ3v) is 14.2. The standard InChI is InChI=1S/C27H22.C19H24.C16H18S/c1-19-11-15-21(16-12-19)27(22-17-13-20(2)14-18-22)25-9-5-3-7-23(25)24-8-4-6-10-26(24)27;1-5-18-12-16(9-7-14(18)3)11-17-10-8-15(4)19(6-2)13-17;1-11-5-7-15(13(3)9-11)17-16-8-6-12(2)10-14(16)4/h3-18H,1-2H3;7-10,12-13H,5-6,11H2,1-4H3;5-10H,1-4H3. The first-order valence-electron chi connectivity index (χ1n) is 22.7. The lowest BCUT2D eigenvalue weighted by molar-refractivity contribution is 0.767. The molecule has 0 fully saturated rings. The topological polar surface area (TPSA) is 0 Å². The Bertz CT molecular complexity index is 2630. The molecule has 0 aromatic heterocycles. The minimum absolute atomic E-state index is 0.269. The molecule has 0 spiro atoms. The van der Waals surface area contributed by atoms with E-state index in [1.54, 1.807) is 0 Å². The van der Waals surface area contributed by atoms with Crippen LogP contribution in [0.5, 0.6) is 0 Å². The van der Waals surface area contributed by atoms with Gasteiger partial charge in [-0.05, 0) is 165 Å². The Balaban J connectivity index is 0.000000147. The van der Waals surface area contributed by atoms with E-state index < -0.39 is 0 Å². The molecule has 9 rings (SSSR count). The molecule has 0 bridgehead atoms. The van der Waals surface area contributed by atoms with Crippen molar-refractivity contribution < 1.29 is 0 Å². The highest BCUT2D eigenvalue weighted by Gasteiger charge is 2.45. The fourth-order valence-corrected chi connectivity index (χ4v) is 10.2. The summed E-state index contributed by atoms with van der Waals surface area (Å²) in [6.07, 6.45) is 3.28. The molecule has 8 aromatic rings. The third kappa shape index (κ3) is 10.0. The molecule has 8 aromatic carbocycles. The molecule has 318 valence electrons. The molecule has 0 heterocycles. The number of benzene rings is 8. The molecule has 0 unspecified atom stereocenters. The minimum atomic E-state index is -0.269. The van der Waals surface area contributed by atoms with Crippen molar-refractivity contribution in [1.29, 1.82) is 0 Å². The minimum Gasteiger partial charge on any atom is -0.0895 e. The van der Waals surface area contributed by atoms with E-state index in [0.29, 0.717) is 0 Å². The molecular formula is C62H64S. The Morgan fingerprint density at radius 2 is 0.746 bits per heavy atom. The highest BCUT2D eigenvalue weighted by atomic mass is 32.2. The molecular weight excluding hydrogens is 777 g/mol. The molecule has 0 radical (unpaired) electrons. The zero-order chi connectivity index (χ0) is 44.7. The maximum atomic E-state index is 2.36. The summed E-state index contributed by atoms with van der Waals surface area (Å²) in [6.45, 7) is 21.8. The summed E-state index contributed by atoms with van der Waals surface area (Å²) in [4.78, 5) is 2.70. The van der Waals surface area contributed by atoms with E-state index in [9.17, 15) is 0 Å². The van der Waals surface area contributed by atoms with Crippen LogP contribution >= 0.6 is 11.8 Å². The Morgan fingerprint density at radius 3 is 1.13 bits per heavy atom. The summed E-state index contributed by atoms with van der Waals surface area (Å²) < 4.78 is 0. The smallest absolute Gasteiger partial charge is 0.0713 e. The van der Waals surface area contributed by atoms with Gasteiger partial charge in [0, 0.05) is 9.79 Å². The molecule has 0 saturated heterocycles. The summed E-state index contributed by atoms with van der Waals surface area (Å²) in [7, 11) is 0. The van der Waals surface area contributed by atoms with E-state index in [-0.39, 0.29) is 5.41 Å². The van der Waals surface area contributed by atoms with E-state index in [4.69, 9.17) is 0 Å². The van der Waals surface area contributed by atoms with E-state index in [0.717, 1.165) is 19.3 Å². The van der Waals surface area contributed by atoms with Crippen molar-refractivity contribution in [2.24, 2.45) is 0 Å². The predicted octanol–water partition coefficient (Wildman–Crippen LogP) is 16.8. The second-order valence-electron chi connectivity index (χ2n) is 17.6. The predicted molar refractivity (Wildman–Crippen MR) is 273 cm³/mol. The van der Waals surface area contributed by atoms with Crippen LogP contribution < -0.4 is 0 Å². The van der Waals surface area contributed by atoms with Crippen LogP contribution in [0.2, 0.25) is 0 Å². The Morgan fingerprint density at radius 1 is 0.365 bits per heavy atom. The van der Waals surface area contributed by atoms with Crippen LogP contribution in [-0.4, -0.2) is 0 Å². The van der Waals surface area contributed by atoms with Crippen LogP contribution in [0.25, 0.3) is 11.1 Å². The molecule has 63 heavy (non-hydrogen) atoms. The van der Waals surface area contributed by atoms with Crippen molar-refractivity contribution >= 4 is 11.8 Å². The van der Waals surface area contributed by atoms with Crippen LogP contribution in [0.3, 0.4) is 0 Å². The van der Waals surface area contributed by atoms with Gasteiger partial charge in [-0.1, -0.05) is 206 Å². The summed E-state index contributed by atoms with van der Waals surface area (Å²) >= 11 is 1.86. The molecule has 1 aliphatic carbocycles. The zero-order valence-corrected chi connectivity index (χ0v) is 40.0. The SMILES string of the molecule is CCc1cc(Cc2ccc(C)c(CC)c2)ccc1C.Cc1ccc(C2(c3ccc(C)cc3)c3ccccc3-c3ccccc32)cc1.Cc1ccc(Sc2ccc(C)cc2C)c(C)c1. The Labute approximate surface area is 383 Å². The average molecular weight is 841 g/mol. The Kier molecular flexibility index (Phi) is 14.4. The fourth-order valence-electron chi connectivity index (χ4n) is 9.24. The van der Waals surface area contributed by atoms with E-state index in [2.05, 4.69) is 239 Å². The number of aryl methyl sites for hydroxylation is 10. The van der Waals surface area contributed by atoms with E-state index in [1.807, 2.05) is 11.8 Å². The number of hydrogen-bond acceptors (Lipinski definition) is 1. The molecule has 0 amide bonds. The van der Waals surface area contributed by atoms with E-state index in [1.165, 1.54) is 110 Å². The lowest BCUT2D eigenvalue weighted by Gasteiger charge is -2.34. The van der Waals surface area contributed by atoms with Crippen LogP contribution in [0.4, 0.5) is 0 Å². The van der Waals surface area contributed by atoms with Gasteiger partial charge in [0.1, 0.15) is 0 Å². The van der Waals surface area contributed by atoms with Crippen LogP contribution in [0, 0.1) is 55.4 Å². The van der Waals surface area contributed by atoms with Crippen molar-refractivity contribution in [1.82, 2.24) is 0 Å². The summed E-state index contributed by atoms with van der Waals surface area (Å²) in [5.74, 6) is 0. The van der Waals surface area contributed by atoms with Gasteiger partial charge in [-0.3, -0.25) is 0 Å². The van der Waals surface area contributed by atoms with Gasteiger partial charge in [-0.25, -0.2) is 0 Å². The summed E-state index contributed by atoms with van der Waals surface area (Å²) in [5, 5.41) is 0. The maximum absolute atomic E-state index is 2.36. The second-order valence-corrected chi connectivity index (χ2v) is 18.7. The normalized spacial score (nSPS) is 12.0. The molecule has 0 saturated carbocycles. The van der Waals surface area contributed by atoms with Gasteiger partial charge < -0.3 is 0 Å². The second kappa shape index (κ2) is 20.1. The van der Waals surface area contributed by atoms with Crippen molar-refractivity contribution in [3.63, 3.8) is 0 Å². The summed E-state index contributed by atoms with van der Waals surface area (Å²) in [5.41, 5.74) is 24.4. The molecule has 0 N–H and O–H groups in total. The first-order valence-corrected chi connectivity index (χ1v) is 23.6. The van der Waals surface area contributed by atoms with Gasteiger partial charge in [-0.2, -0.15) is 0 Å². The highest BCUT2D eigenvalue weighted by Crippen LogP contribution is 2.56. The first-order chi connectivity index (χ1) is 30.4. The van der Waals surface area contributed by atoms with Crippen molar-refractivity contribution in [3.8, 4) is 11.1 Å². The van der Waals surface area contributed by atoms with Gasteiger partial charge in [-0.15, -0.1) is 0 Å². The zero-order valence-electron chi connectivity index (χ0n) is 39.2. The van der Waals surface area contributed by atoms with Crippen molar-refractivity contribution in [3.05, 3.63) is 259 Å². The van der Waals surface area contributed by atoms with Gasteiger partial charge in [0.25, 0.3) is 0 Å². The monoisotopic (exact) mass is 840 g/mol. The lowest BCUT2D eigenvalue weighted by Crippen LogP contribution is -2.28. The third-order valence-electron chi connectivity index (χ3n) is 12.8. The van der Waals surface area contributed by atoms with Crippen molar-refractivity contribution in [2.45, 2.75) is 104 Å². The summed E-state index contributed by atoms with van der Waals surface area (Å²) in [6, 6.07) is 62.9. The average Bonchev–Trinajstić information content (AvgIpc) is 3.58. The van der Waals surface area contributed by atoms with Crippen LogP contribution in [-0.2, 0) is 24.7 Å². The quantitative estimate of drug-likeness (QED) is 0.147. The molecule has 0 nitrogen and oxygen atoms in total. The Hall–Kier alpha value is -5.89. The molecule has 1 aliphatic rings. The number of rotatable bonds is 8. The lowest BCUT2D eigenvalue weighted by atomic mass is 9.67. The molecule has 1 heteroatoms. The van der Waals surface area contributed by atoms with Gasteiger partial charge >= 0.3 is 0 Å². The van der Waals surface area contributed by atoms with Crippen LogP contribution in [0.1, 0.15) is 103 Å². The van der Waals surface area contributed by atoms with Gasteiger partial charge in [0.05, 0.1) is 5.41 Å². The first kappa shape index (κ1) is 45.1. The van der Waals surface area contributed by atoms with Gasteiger partial charge in [0.2, 0.25) is 0 Å².